The van der Waals surface area contributed by atoms with Crippen molar-refractivity contribution >= 4 is 16.8 Å². The van der Waals surface area contributed by atoms with Crippen molar-refractivity contribution in [2.75, 3.05) is 32.7 Å². The van der Waals surface area contributed by atoms with Gasteiger partial charge < -0.3 is 14.6 Å². The molecule has 1 aliphatic heterocycles. The fourth-order valence-corrected chi connectivity index (χ4v) is 3.22. The van der Waals surface area contributed by atoms with Gasteiger partial charge in [-0.1, -0.05) is 25.1 Å². The van der Waals surface area contributed by atoms with Crippen molar-refractivity contribution in [3.05, 3.63) is 36.0 Å². The minimum atomic E-state index is -0.268. The summed E-state index contributed by atoms with van der Waals surface area (Å²) >= 11 is 0. The van der Waals surface area contributed by atoms with E-state index in [0.717, 1.165) is 49.2 Å². The Morgan fingerprint density at radius 3 is 2.57 bits per heavy atom. The SMILES string of the molecule is CC[C@H](O)CN1CCN(C(=O)c2cc3ccccc3n2C)CC1. The zero-order valence-electron chi connectivity index (χ0n) is 13.9. The zero-order valence-corrected chi connectivity index (χ0v) is 13.9. The minimum Gasteiger partial charge on any atom is -0.392 e. The predicted octanol–water partition coefficient (Wildman–Crippen LogP) is 1.71. The van der Waals surface area contributed by atoms with Gasteiger partial charge in [0, 0.05) is 50.7 Å². The maximum atomic E-state index is 12.8. The van der Waals surface area contributed by atoms with Crippen LogP contribution >= 0.6 is 0 Å². The molecule has 2 aromatic rings. The smallest absolute Gasteiger partial charge is 0.270 e. The van der Waals surface area contributed by atoms with Gasteiger partial charge in [0.25, 0.3) is 5.91 Å². The van der Waals surface area contributed by atoms with E-state index in [1.54, 1.807) is 0 Å². The van der Waals surface area contributed by atoms with Gasteiger partial charge in [0.05, 0.1) is 6.10 Å². The molecule has 0 bridgehead atoms. The normalized spacial score (nSPS) is 17.6. The van der Waals surface area contributed by atoms with Gasteiger partial charge in [-0.25, -0.2) is 0 Å². The molecule has 3 rings (SSSR count). The monoisotopic (exact) mass is 315 g/mol. The number of rotatable bonds is 4. The van der Waals surface area contributed by atoms with Crippen LogP contribution < -0.4 is 0 Å². The average molecular weight is 315 g/mol. The van der Waals surface area contributed by atoms with Gasteiger partial charge in [-0.2, -0.15) is 0 Å². The third kappa shape index (κ3) is 3.26. The highest BCUT2D eigenvalue weighted by Crippen LogP contribution is 2.20. The van der Waals surface area contributed by atoms with E-state index in [1.165, 1.54) is 0 Å². The van der Waals surface area contributed by atoms with Crippen molar-refractivity contribution in [3.63, 3.8) is 0 Å². The number of fused-ring (bicyclic) bond motifs is 1. The van der Waals surface area contributed by atoms with E-state index in [-0.39, 0.29) is 12.0 Å². The van der Waals surface area contributed by atoms with Crippen LogP contribution in [0.5, 0.6) is 0 Å². The van der Waals surface area contributed by atoms with Crippen LogP contribution in [-0.4, -0.2) is 64.2 Å². The maximum absolute atomic E-state index is 12.8. The predicted molar refractivity (Wildman–Crippen MR) is 91.6 cm³/mol. The fraction of sp³-hybridized carbons (Fsp3) is 0.500. The lowest BCUT2D eigenvalue weighted by molar-refractivity contribution is 0.0517. The Morgan fingerprint density at radius 1 is 1.22 bits per heavy atom. The summed E-state index contributed by atoms with van der Waals surface area (Å²) in [6, 6.07) is 10.0. The lowest BCUT2D eigenvalue weighted by Crippen LogP contribution is -2.50. The van der Waals surface area contributed by atoms with E-state index in [2.05, 4.69) is 4.90 Å². The molecule has 5 nitrogen and oxygen atoms in total. The van der Waals surface area contributed by atoms with Gasteiger partial charge in [-0.05, 0) is 18.6 Å². The molecule has 1 aliphatic rings. The largest absolute Gasteiger partial charge is 0.392 e. The molecule has 1 aromatic carbocycles. The number of aliphatic hydroxyl groups is 1. The van der Waals surface area contributed by atoms with Gasteiger partial charge in [0.2, 0.25) is 0 Å². The quantitative estimate of drug-likeness (QED) is 0.934. The number of carbonyl (C=O) groups excluding carboxylic acids is 1. The number of carbonyl (C=O) groups is 1. The first-order valence-electron chi connectivity index (χ1n) is 8.34. The van der Waals surface area contributed by atoms with Gasteiger partial charge in [0.15, 0.2) is 0 Å². The summed E-state index contributed by atoms with van der Waals surface area (Å²) in [5, 5.41) is 10.9. The summed E-state index contributed by atoms with van der Waals surface area (Å²) in [7, 11) is 1.95. The summed E-state index contributed by atoms with van der Waals surface area (Å²) < 4.78 is 1.98. The van der Waals surface area contributed by atoms with Crippen molar-refractivity contribution in [1.29, 1.82) is 0 Å². The number of nitrogens with zero attached hydrogens (tertiary/aromatic N) is 3. The average Bonchev–Trinajstić information content (AvgIpc) is 2.92. The van der Waals surface area contributed by atoms with Crippen molar-refractivity contribution < 1.29 is 9.90 Å². The lowest BCUT2D eigenvalue weighted by atomic mass is 10.2. The first-order valence-corrected chi connectivity index (χ1v) is 8.34. The van der Waals surface area contributed by atoms with E-state index in [9.17, 15) is 9.90 Å². The van der Waals surface area contributed by atoms with E-state index >= 15 is 0 Å². The van der Waals surface area contributed by atoms with Gasteiger partial charge in [-0.15, -0.1) is 0 Å². The van der Waals surface area contributed by atoms with Crippen LogP contribution in [0.3, 0.4) is 0 Å². The molecule has 0 unspecified atom stereocenters. The second kappa shape index (κ2) is 6.72. The van der Waals surface area contributed by atoms with Gasteiger partial charge in [-0.3, -0.25) is 9.69 Å². The number of β-amino-alcohol motifs (C(OH)–C–C–N with tert-alkyl or cyclic N) is 1. The number of hydrogen-bond donors (Lipinski definition) is 1. The maximum Gasteiger partial charge on any atom is 0.270 e. The third-order valence-corrected chi connectivity index (χ3v) is 4.77. The first kappa shape index (κ1) is 16.0. The number of hydrogen-bond acceptors (Lipinski definition) is 3. The standard InChI is InChI=1S/C18H25N3O2/c1-3-15(22)13-20-8-10-21(11-9-20)18(23)17-12-14-6-4-5-7-16(14)19(17)2/h4-7,12,15,22H,3,8-11,13H2,1-2H3/t15-/m0/s1. The molecule has 0 saturated carbocycles. The van der Waals surface area contributed by atoms with Gasteiger partial charge in [0.1, 0.15) is 5.69 Å². The van der Waals surface area contributed by atoms with E-state index in [4.69, 9.17) is 0 Å². The number of amides is 1. The van der Waals surface area contributed by atoms with Crippen LogP contribution in [0.15, 0.2) is 30.3 Å². The molecule has 1 atom stereocenters. The van der Waals surface area contributed by atoms with Crippen LogP contribution in [0, 0.1) is 0 Å². The molecule has 0 aliphatic carbocycles. The molecule has 1 aromatic heterocycles. The Hall–Kier alpha value is -1.85. The Balaban J connectivity index is 1.68. The second-order valence-corrected chi connectivity index (χ2v) is 6.30. The summed E-state index contributed by atoms with van der Waals surface area (Å²) in [6.45, 7) is 5.78. The zero-order chi connectivity index (χ0) is 16.4. The van der Waals surface area contributed by atoms with Crippen LogP contribution in [-0.2, 0) is 7.05 Å². The van der Waals surface area contributed by atoms with Crippen molar-refractivity contribution in [2.24, 2.45) is 7.05 Å². The highest BCUT2D eigenvalue weighted by molar-refractivity contribution is 5.98. The Labute approximate surface area is 137 Å². The third-order valence-electron chi connectivity index (χ3n) is 4.77. The molecular formula is C18H25N3O2. The summed E-state index contributed by atoms with van der Waals surface area (Å²) in [5.41, 5.74) is 1.83. The molecule has 1 N–H and O–H groups in total. The molecule has 1 saturated heterocycles. The molecule has 0 spiro atoms. The number of aliphatic hydroxyl groups excluding tert-OH is 1. The van der Waals surface area contributed by atoms with Crippen molar-refractivity contribution in [3.8, 4) is 0 Å². The topological polar surface area (TPSA) is 48.7 Å². The summed E-state index contributed by atoms with van der Waals surface area (Å²) in [5.74, 6) is 0.0967. The molecule has 124 valence electrons. The number of aryl methyl sites for hydroxylation is 1. The van der Waals surface area contributed by atoms with E-state index in [0.29, 0.717) is 6.54 Å². The lowest BCUT2D eigenvalue weighted by Gasteiger charge is -2.35. The number of para-hydroxylation sites is 1. The summed E-state index contributed by atoms with van der Waals surface area (Å²) in [4.78, 5) is 17.0. The molecule has 23 heavy (non-hydrogen) atoms. The van der Waals surface area contributed by atoms with Crippen molar-refractivity contribution in [2.45, 2.75) is 19.4 Å². The Morgan fingerprint density at radius 2 is 1.91 bits per heavy atom. The van der Waals surface area contributed by atoms with Crippen LogP contribution in [0.25, 0.3) is 10.9 Å². The molecule has 5 heteroatoms. The molecule has 1 amide bonds. The summed E-state index contributed by atoms with van der Waals surface area (Å²) in [6.07, 6.45) is 0.505. The Bertz CT molecular complexity index is 687. The molecule has 1 fully saturated rings. The van der Waals surface area contributed by atoms with Crippen LogP contribution in [0.2, 0.25) is 0 Å². The van der Waals surface area contributed by atoms with Gasteiger partial charge >= 0.3 is 0 Å². The minimum absolute atomic E-state index is 0.0967. The number of aromatic nitrogens is 1. The van der Waals surface area contributed by atoms with Crippen molar-refractivity contribution in [1.82, 2.24) is 14.4 Å². The number of benzene rings is 1. The van der Waals surface area contributed by atoms with Crippen LogP contribution in [0.4, 0.5) is 0 Å². The fourth-order valence-electron chi connectivity index (χ4n) is 3.22. The van der Waals surface area contributed by atoms with E-state index in [1.807, 2.05) is 53.8 Å². The highest BCUT2D eigenvalue weighted by Gasteiger charge is 2.25. The first-order chi connectivity index (χ1) is 11.1. The number of piperazine rings is 1. The highest BCUT2D eigenvalue weighted by atomic mass is 16.3. The second-order valence-electron chi connectivity index (χ2n) is 6.30. The molecular weight excluding hydrogens is 290 g/mol. The molecule has 0 radical (unpaired) electrons. The Kier molecular flexibility index (Phi) is 4.68. The molecule has 2 heterocycles. The van der Waals surface area contributed by atoms with Crippen LogP contribution in [0.1, 0.15) is 23.8 Å². The van der Waals surface area contributed by atoms with E-state index < -0.39 is 0 Å².